The van der Waals surface area contributed by atoms with Crippen LogP contribution in [-0.2, 0) is 0 Å². The van der Waals surface area contributed by atoms with Gasteiger partial charge in [-0.2, -0.15) is 12.6 Å². The summed E-state index contributed by atoms with van der Waals surface area (Å²) in [5.41, 5.74) is -1.08. The molecule has 78 valence electrons. The van der Waals surface area contributed by atoms with Gasteiger partial charge in [0.05, 0.1) is 5.54 Å². The summed E-state index contributed by atoms with van der Waals surface area (Å²) < 4.78 is 38.5. The van der Waals surface area contributed by atoms with Crippen LogP contribution in [0.25, 0.3) is 0 Å². The average molecular weight is 235 g/mol. The normalized spacial score (nSPS) is 48.0. The minimum atomic E-state index is -2.33. The second-order valence-electron chi connectivity index (χ2n) is 3.19. The topological polar surface area (TPSA) is 15.3 Å². The second-order valence-corrected chi connectivity index (χ2v) is 3.94. The number of piperazine rings is 1. The van der Waals surface area contributed by atoms with E-state index in [0.717, 1.165) is 0 Å². The molecule has 4 unspecified atom stereocenters. The van der Waals surface area contributed by atoms with Crippen molar-refractivity contribution in [1.82, 2.24) is 10.4 Å². The van der Waals surface area contributed by atoms with Crippen LogP contribution in [0.15, 0.2) is 0 Å². The molecule has 0 aliphatic carbocycles. The minimum Gasteiger partial charge on any atom is -0.275 e. The van der Waals surface area contributed by atoms with Gasteiger partial charge >= 0.3 is 0 Å². The predicted molar refractivity (Wildman–Crippen MR) is 47.8 cm³/mol. The molecule has 13 heavy (non-hydrogen) atoms. The van der Waals surface area contributed by atoms with Gasteiger partial charge in [-0.05, 0) is 6.92 Å². The van der Waals surface area contributed by atoms with E-state index in [4.69, 9.17) is 11.6 Å². The SMILES string of the molecule is CC1(CCl)NC(F)C(F)N(F)C1S. The summed E-state index contributed by atoms with van der Waals surface area (Å²) in [7, 11) is 0. The molecule has 1 fully saturated rings. The molecule has 1 saturated heterocycles. The van der Waals surface area contributed by atoms with Gasteiger partial charge in [0.25, 0.3) is 0 Å². The van der Waals surface area contributed by atoms with Crippen molar-refractivity contribution in [2.24, 2.45) is 0 Å². The summed E-state index contributed by atoms with van der Waals surface area (Å²) in [6, 6.07) is 0. The van der Waals surface area contributed by atoms with Crippen molar-refractivity contribution in [3.63, 3.8) is 0 Å². The molecular formula is C6H10ClF3N2S. The Morgan fingerprint density at radius 3 is 2.62 bits per heavy atom. The predicted octanol–water partition coefficient (Wildman–Crippen LogP) is 1.62. The number of halogens is 4. The summed E-state index contributed by atoms with van der Waals surface area (Å²) >= 11 is 9.32. The first kappa shape index (κ1) is 11.4. The molecule has 4 atom stereocenters. The Bertz CT molecular complexity index is 199. The highest BCUT2D eigenvalue weighted by Crippen LogP contribution is 2.31. The largest absolute Gasteiger partial charge is 0.275 e. The first-order valence-corrected chi connectivity index (χ1v) is 4.71. The van der Waals surface area contributed by atoms with E-state index >= 15 is 0 Å². The van der Waals surface area contributed by atoms with Crippen LogP contribution in [0.3, 0.4) is 0 Å². The molecule has 0 radical (unpaired) electrons. The monoisotopic (exact) mass is 234 g/mol. The maximum absolute atomic E-state index is 12.9. The zero-order valence-electron chi connectivity index (χ0n) is 6.85. The first-order valence-electron chi connectivity index (χ1n) is 3.66. The number of alkyl halides is 3. The number of thiol groups is 1. The molecular weight excluding hydrogens is 225 g/mol. The van der Waals surface area contributed by atoms with E-state index in [2.05, 4.69) is 17.9 Å². The highest BCUT2D eigenvalue weighted by atomic mass is 35.5. The van der Waals surface area contributed by atoms with Crippen molar-refractivity contribution >= 4 is 24.2 Å². The molecule has 0 saturated carbocycles. The van der Waals surface area contributed by atoms with Crippen LogP contribution in [0.5, 0.6) is 0 Å². The Morgan fingerprint density at radius 1 is 1.62 bits per heavy atom. The van der Waals surface area contributed by atoms with Crippen LogP contribution < -0.4 is 5.32 Å². The Morgan fingerprint density at radius 2 is 2.15 bits per heavy atom. The molecule has 1 heterocycles. The van der Waals surface area contributed by atoms with Crippen molar-refractivity contribution in [3.05, 3.63) is 0 Å². The molecule has 0 bridgehead atoms. The molecule has 7 heteroatoms. The number of nitrogens with zero attached hydrogens (tertiary/aromatic N) is 1. The van der Waals surface area contributed by atoms with Gasteiger partial charge in [0.2, 0.25) is 6.30 Å². The fourth-order valence-corrected chi connectivity index (χ4v) is 1.72. The molecule has 1 N–H and O–H groups in total. The van der Waals surface area contributed by atoms with Crippen LogP contribution in [0.1, 0.15) is 6.92 Å². The first-order chi connectivity index (χ1) is 5.92. The third-order valence-electron chi connectivity index (χ3n) is 2.03. The van der Waals surface area contributed by atoms with E-state index in [1.54, 1.807) is 0 Å². The number of rotatable bonds is 1. The fraction of sp³-hybridized carbons (Fsp3) is 1.00. The van der Waals surface area contributed by atoms with E-state index < -0.39 is 23.5 Å². The second kappa shape index (κ2) is 3.84. The highest BCUT2D eigenvalue weighted by molar-refractivity contribution is 7.81. The molecule has 0 aromatic rings. The van der Waals surface area contributed by atoms with Crippen LogP contribution in [-0.4, -0.2) is 34.5 Å². The van der Waals surface area contributed by atoms with Gasteiger partial charge in [0, 0.05) is 5.88 Å². The lowest BCUT2D eigenvalue weighted by Crippen LogP contribution is -2.68. The van der Waals surface area contributed by atoms with E-state index in [9.17, 15) is 13.3 Å². The number of nitrogens with one attached hydrogen (secondary N) is 1. The van der Waals surface area contributed by atoms with Gasteiger partial charge in [-0.25, -0.2) is 8.78 Å². The van der Waals surface area contributed by atoms with Gasteiger partial charge in [-0.15, -0.1) is 16.1 Å². The van der Waals surface area contributed by atoms with Gasteiger partial charge in [-0.3, -0.25) is 5.32 Å². The van der Waals surface area contributed by atoms with Gasteiger partial charge in [-0.1, -0.05) is 5.12 Å². The minimum absolute atomic E-state index is 0.0608. The lowest BCUT2D eigenvalue weighted by atomic mass is 10.0. The smallest absolute Gasteiger partial charge is 0.225 e. The third-order valence-corrected chi connectivity index (χ3v) is 3.37. The Labute approximate surface area is 84.8 Å². The summed E-state index contributed by atoms with van der Waals surface area (Å²) in [5.74, 6) is -0.0608. The van der Waals surface area contributed by atoms with Crippen molar-refractivity contribution in [1.29, 1.82) is 0 Å². The standard InChI is InChI=1S/C6H10ClF3N2S/c1-6(2-7)5(13)12(10)4(9)3(8)11-6/h3-5,11,13H,2H2,1H3. The number of hydrogen-bond donors (Lipinski definition) is 2. The molecule has 0 aromatic carbocycles. The van der Waals surface area contributed by atoms with Crippen molar-refractivity contribution in [3.8, 4) is 0 Å². The molecule has 0 amide bonds. The van der Waals surface area contributed by atoms with E-state index in [0.29, 0.717) is 0 Å². The maximum atomic E-state index is 12.9. The Hall–Kier alpha value is 0.350. The van der Waals surface area contributed by atoms with Crippen LogP contribution >= 0.6 is 24.2 Å². The van der Waals surface area contributed by atoms with Crippen molar-refractivity contribution in [2.45, 2.75) is 30.4 Å². The molecule has 1 aliphatic heterocycles. The van der Waals surface area contributed by atoms with Crippen molar-refractivity contribution in [2.75, 3.05) is 5.88 Å². The van der Waals surface area contributed by atoms with Crippen LogP contribution in [0.2, 0.25) is 0 Å². The summed E-state index contributed by atoms with van der Waals surface area (Å²) in [4.78, 5) is 0. The average Bonchev–Trinajstić information content (AvgIpc) is 2.12. The highest BCUT2D eigenvalue weighted by Gasteiger charge is 2.49. The molecule has 2 nitrogen and oxygen atoms in total. The van der Waals surface area contributed by atoms with Gasteiger partial charge < -0.3 is 0 Å². The van der Waals surface area contributed by atoms with E-state index in [1.807, 2.05) is 0 Å². The molecule has 1 rings (SSSR count). The Balaban J connectivity index is 2.82. The third kappa shape index (κ3) is 1.91. The lowest BCUT2D eigenvalue weighted by molar-refractivity contribution is -0.173. The Kier molecular flexibility index (Phi) is 3.38. The lowest BCUT2D eigenvalue weighted by Gasteiger charge is -2.44. The quantitative estimate of drug-likeness (QED) is 0.310. The molecule has 1 aliphatic rings. The van der Waals surface area contributed by atoms with E-state index in [1.165, 1.54) is 6.92 Å². The zero-order chi connectivity index (χ0) is 10.2. The van der Waals surface area contributed by atoms with Gasteiger partial charge in [0.15, 0.2) is 6.30 Å². The number of hydrogen-bond acceptors (Lipinski definition) is 3. The van der Waals surface area contributed by atoms with Crippen molar-refractivity contribution < 1.29 is 13.3 Å². The van der Waals surface area contributed by atoms with Gasteiger partial charge in [0.1, 0.15) is 5.37 Å². The molecule has 0 aromatic heterocycles. The summed E-state index contributed by atoms with van der Waals surface area (Å²) in [6.45, 7) is 1.47. The summed E-state index contributed by atoms with van der Waals surface area (Å²) in [6.07, 6.45) is -4.42. The maximum Gasteiger partial charge on any atom is 0.225 e. The zero-order valence-corrected chi connectivity index (χ0v) is 8.50. The molecule has 0 spiro atoms. The van der Waals surface area contributed by atoms with Crippen LogP contribution in [0, 0.1) is 0 Å². The fourth-order valence-electron chi connectivity index (χ4n) is 1.10. The van der Waals surface area contributed by atoms with E-state index in [-0.39, 0.29) is 11.0 Å². The summed E-state index contributed by atoms with van der Waals surface area (Å²) in [5, 5.41) is 0.865. The van der Waals surface area contributed by atoms with Crippen LogP contribution in [0.4, 0.5) is 13.3 Å².